The average molecular weight is 340 g/mol. The zero-order valence-corrected chi connectivity index (χ0v) is 11.7. The van der Waals surface area contributed by atoms with E-state index in [0.717, 1.165) is 11.3 Å². The van der Waals surface area contributed by atoms with E-state index >= 15 is 0 Å². The van der Waals surface area contributed by atoms with Gasteiger partial charge in [0, 0.05) is 4.70 Å². The standard InChI is InChI=1S/C11H7F3O5S2/c12-11(13,14)19-21(17,18)5-6-1-2-8-7(3-6)4-9(20-8)10(15)16/h1-4H,5H2,(H,15,16). The highest BCUT2D eigenvalue weighted by Gasteiger charge is 2.36. The summed E-state index contributed by atoms with van der Waals surface area (Å²) in [4.78, 5) is 10.9. The molecule has 0 spiro atoms. The predicted molar refractivity (Wildman–Crippen MR) is 68.5 cm³/mol. The third-order valence-electron chi connectivity index (χ3n) is 2.36. The summed E-state index contributed by atoms with van der Waals surface area (Å²) in [6.07, 6.45) is -5.28. The monoisotopic (exact) mass is 340 g/mol. The van der Waals surface area contributed by atoms with Gasteiger partial charge in [0.05, 0.1) is 0 Å². The maximum Gasteiger partial charge on any atom is 0.537 e. The molecule has 10 heteroatoms. The van der Waals surface area contributed by atoms with Crippen molar-refractivity contribution in [1.82, 2.24) is 0 Å². The van der Waals surface area contributed by atoms with Crippen LogP contribution in [0.25, 0.3) is 10.1 Å². The number of rotatable bonds is 4. The Kier molecular flexibility index (Phi) is 3.95. The number of carboxylic acids is 1. The van der Waals surface area contributed by atoms with Crippen molar-refractivity contribution in [2.45, 2.75) is 12.1 Å². The molecule has 0 bridgehead atoms. The van der Waals surface area contributed by atoms with Crippen LogP contribution in [0.3, 0.4) is 0 Å². The van der Waals surface area contributed by atoms with Crippen LogP contribution in [0.5, 0.6) is 0 Å². The molecule has 1 aromatic carbocycles. The summed E-state index contributed by atoms with van der Waals surface area (Å²) in [7, 11) is -4.81. The highest BCUT2D eigenvalue weighted by Crippen LogP contribution is 2.28. The Bertz CT molecular complexity index is 792. The molecule has 0 saturated carbocycles. The topological polar surface area (TPSA) is 80.7 Å². The van der Waals surface area contributed by atoms with Crippen LogP contribution in [0.2, 0.25) is 0 Å². The first-order chi connectivity index (χ1) is 9.56. The first-order valence-electron chi connectivity index (χ1n) is 5.31. The summed E-state index contributed by atoms with van der Waals surface area (Å²) in [6, 6.07) is 5.39. The molecule has 0 radical (unpaired) electrons. The van der Waals surface area contributed by atoms with Crippen molar-refractivity contribution in [2.24, 2.45) is 0 Å². The van der Waals surface area contributed by atoms with E-state index in [1.165, 1.54) is 24.3 Å². The van der Waals surface area contributed by atoms with E-state index in [9.17, 15) is 26.4 Å². The molecule has 114 valence electrons. The number of carbonyl (C=O) groups is 1. The number of hydrogen-bond donors (Lipinski definition) is 1. The molecule has 2 rings (SSSR count). The van der Waals surface area contributed by atoms with Gasteiger partial charge in [-0.2, -0.15) is 12.6 Å². The van der Waals surface area contributed by atoms with E-state index in [2.05, 4.69) is 4.18 Å². The fourth-order valence-electron chi connectivity index (χ4n) is 1.67. The molecule has 0 atom stereocenters. The van der Waals surface area contributed by atoms with Gasteiger partial charge in [-0.05, 0) is 29.1 Å². The summed E-state index contributed by atoms with van der Waals surface area (Å²) in [5.41, 5.74) is 0.0708. The van der Waals surface area contributed by atoms with E-state index in [0.29, 0.717) is 10.1 Å². The fraction of sp³-hybridized carbons (Fsp3) is 0.182. The number of fused-ring (bicyclic) bond motifs is 1. The molecule has 0 amide bonds. The second-order valence-electron chi connectivity index (χ2n) is 4.02. The zero-order valence-electron chi connectivity index (χ0n) is 10.0. The van der Waals surface area contributed by atoms with Crippen LogP contribution < -0.4 is 0 Å². The van der Waals surface area contributed by atoms with Crippen LogP contribution in [-0.2, 0) is 20.1 Å². The molecule has 21 heavy (non-hydrogen) atoms. The zero-order chi connectivity index (χ0) is 15.8. The lowest BCUT2D eigenvalue weighted by Gasteiger charge is -2.07. The Balaban J connectivity index is 2.29. The highest BCUT2D eigenvalue weighted by molar-refractivity contribution is 7.85. The molecule has 0 saturated heterocycles. The Hall–Kier alpha value is -1.65. The van der Waals surface area contributed by atoms with Crippen LogP contribution in [-0.4, -0.2) is 25.9 Å². The highest BCUT2D eigenvalue weighted by atomic mass is 32.2. The fourth-order valence-corrected chi connectivity index (χ4v) is 3.48. The van der Waals surface area contributed by atoms with Crippen molar-refractivity contribution in [3.63, 3.8) is 0 Å². The molecule has 0 unspecified atom stereocenters. The molecule has 0 fully saturated rings. The number of hydrogen-bond acceptors (Lipinski definition) is 5. The lowest BCUT2D eigenvalue weighted by molar-refractivity contribution is -0.272. The Labute approximate surface area is 120 Å². The normalized spacial score (nSPS) is 12.7. The van der Waals surface area contributed by atoms with E-state index in [1.807, 2.05) is 0 Å². The van der Waals surface area contributed by atoms with Gasteiger partial charge in [0.2, 0.25) is 0 Å². The molecular weight excluding hydrogens is 333 g/mol. The van der Waals surface area contributed by atoms with Crippen molar-refractivity contribution in [1.29, 1.82) is 0 Å². The predicted octanol–water partition coefficient (Wildman–Crippen LogP) is 2.97. The van der Waals surface area contributed by atoms with Crippen molar-refractivity contribution in [2.75, 3.05) is 0 Å². The number of halogens is 3. The summed E-state index contributed by atoms with van der Waals surface area (Å²) in [6.45, 7) is 0. The van der Waals surface area contributed by atoms with Gasteiger partial charge in [-0.25, -0.2) is 4.79 Å². The van der Waals surface area contributed by atoms with Crippen molar-refractivity contribution >= 4 is 37.5 Å². The molecule has 5 nitrogen and oxygen atoms in total. The van der Waals surface area contributed by atoms with Crippen molar-refractivity contribution in [3.8, 4) is 0 Å². The van der Waals surface area contributed by atoms with Gasteiger partial charge < -0.3 is 5.11 Å². The van der Waals surface area contributed by atoms with Gasteiger partial charge in [-0.1, -0.05) is 6.07 Å². The number of alkyl halides is 3. The van der Waals surface area contributed by atoms with Crippen LogP contribution in [0, 0.1) is 0 Å². The maximum absolute atomic E-state index is 11.9. The second kappa shape index (κ2) is 5.28. The number of aromatic carboxylic acids is 1. The molecule has 1 heterocycles. The number of thiophene rings is 1. The van der Waals surface area contributed by atoms with Gasteiger partial charge in [0.1, 0.15) is 10.6 Å². The van der Waals surface area contributed by atoms with Crippen LogP contribution in [0.1, 0.15) is 15.2 Å². The Morgan fingerprint density at radius 3 is 2.52 bits per heavy atom. The molecule has 0 aliphatic rings. The molecular formula is C11H7F3O5S2. The minimum Gasteiger partial charge on any atom is -0.477 e. The van der Waals surface area contributed by atoms with Gasteiger partial charge in [-0.3, -0.25) is 0 Å². The average Bonchev–Trinajstić information content (AvgIpc) is 2.67. The van der Waals surface area contributed by atoms with Gasteiger partial charge >= 0.3 is 12.3 Å². The first-order valence-corrected chi connectivity index (χ1v) is 7.71. The van der Waals surface area contributed by atoms with E-state index in [-0.39, 0.29) is 10.4 Å². The minimum atomic E-state index is -5.28. The molecule has 0 aliphatic carbocycles. The number of benzene rings is 1. The molecule has 2 aromatic rings. The Morgan fingerprint density at radius 2 is 1.95 bits per heavy atom. The first kappa shape index (κ1) is 15.7. The molecule has 1 N–H and O–H groups in total. The largest absolute Gasteiger partial charge is 0.537 e. The van der Waals surface area contributed by atoms with Crippen LogP contribution in [0.4, 0.5) is 13.2 Å². The molecule has 1 aromatic heterocycles. The Morgan fingerprint density at radius 1 is 1.29 bits per heavy atom. The molecule has 0 aliphatic heterocycles. The van der Waals surface area contributed by atoms with Crippen molar-refractivity contribution in [3.05, 3.63) is 34.7 Å². The van der Waals surface area contributed by atoms with Gasteiger partial charge in [0.25, 0.3) is 10.1 Å². The van der Waals surface area contributed by atoms with Crippen LogP contribution in [0.15, 0.2) is 24.3 Å². The summed E-state index contributed by atoms with van der Waals surface area (Å²) in [5.74, 6) is -2.09. The smallest absolute Gasteiger partial charge is 0.477 e. The third-order valence-corrected chi connectivity index (χ3v) is 4.59. The van der Waals surface area contributed by atoms with E-state index in [1.54, 1.807) is 0 Å². The van der Waals surface area contributed by atoms with E-state index in [4.69, 9.17) is 5.11 Å². The summed E-state index contributed by atoms with van der Waals surface area (Å²) >= 11 is 0.982. The third kappa shape index (κ3) is 4.16. The van der Waals surface area contributed by atoms with Gasteiger partial charge in [-0.15, -0.1) is 24.5 Å². The minimum absolute atomic E-state index is 0.0524. The number of carboxylic acid groups (broad SMARTS) is 1. The van der Waals surface area contributed by atoms with E-state index < -0.39 is 28.2 Å². The maximum atomic E-state index is 11.9. The van der Waals surface area contributed by atoms with Crippen LogP contribution >= 0.6 is 11.3 Å². The van der Waals surface area contributed by atoms with Gasteiger partial charge in [0.15, 0.2) is 0 Å². The SMILES string of the molecule is O=C(O)c1cc2cc(CS(=O)(=O)OC(F)(F)F)ccc2s1. The second-order valence-corrected chi connectivity index (χ2v) is 6.67. The quantitative estimate of drug-likeness (QED) is 0.866. The summed E-state index contributed by atoms with van der Waals surface area (Å²) in [5, 5.41) is 9.28. The summed E-state index contributed by atoms with van der Waals surface area (Å²) < 4.78 is 61.9. The lowest BCUT2D eigenvalue weighted by Crippen LogP contribution is -2.20. The van der Waals surface area contributed by atoms with Crippen molar-refractivity contribution < 1.29 is 35.7 Å². The lowest BCUT2D eigenvalue weighted by atomic mass is 10.2.